The smallest absolute Gasteiger partial charge is 0.159 e. The average Bonchev–Trinajstić information content (AvgIpc) is 2.32. The van der Waals surface area contributed by atoms with Crippen LogP contribution in [0.25, 0.3) is 0 Å². The Bertz CT molecular complexity index is 540. The highest BCUT2D eigenvalue weighted by Crippen LogP contribution is 2.23. The molecule has 0 spiro atoms. The molecule has 1 unspecified atom stereocenters. The molecule has 0 radical (unpaired) electrons. The molecule has 88 valence electrons. The van der Waals surface area contributed by atoms with Gasteiger partial charge < -0.3 is 5.11 Å². The highest BCUT2D eigenvalue weighted by Gasteiger charge is 2.13. The Labute approximate surface area is 96.1 Å². The van der Waals surface area contributed by atoms with Crippen LogP contribution in [0.15, 0.2) is 42.5 Å². The summed E-state index contributed by atoms with van der Waals surface area (Å²) in [7, 11) is 0. The Morgan fingerprint density at radius 2 is 1.53 bits per heavy atom. The fraction of sp³-hybridized carbons (Fsp3) is 0.0769. The molecule has 4 heteroatoms. The first-order valence-electron chi connectivity index (χ1n) is 4.96. The molecule has 17 heavy (non-hydrogen) atoms. The summed E-state index contributed by atoms with van der Waals surface area (Å²) in [6.07, 6.45) is -1.18. The lowest BCUT2D eigenvalue weighted by Gasteiger charge is -2.11. The first-order chi connectivity index (χ1) is 8.08. The van der Waals surface area contributed by atoms with E-state index in [2.05, 4.69) is 0 Å². The van der Waals surface area contributed by atoms with Crippen molar-refractivity contribution in [2.75, 3.05) is 0 Å². The van der Waals surface area contributed by atoms with Gasteiger partial charge in [-0.1, -0.05) is 18.2 Å². The van der Waals surface area contributed by atoms with Crippen molar-refractivity contribution < 1.29 is 18.3 Å². The van der Waals surface area contributed by atoms with Crippen LogP contribution in [0, 0.1) is 17.5 Å². The van der Waals surface area contributed by atoms with Crippen LogP contribution in [-0.2, 0) is 0 Å². The molecule has 0 bridgehead atoms. The maximum absolute atomic E-state index is 13.0. The fourth-order valence-corrected chi connectivity index (χ4v) is 1.55. The topological polar surface area (TPSA) is 20.2 Å². The molecule has 2 rings (SSSR count). The van der Waals surface area contributed by atoms with Gasteiger partial charge in [-0.05, 0) is 35.4 Å². The first kappa shape index (κ1) is 11.7. The van der Waals surface area contributed by atoms with Gasteiger partial charge in [-0.2, -0.15) is 0 Å². The second-order valence-corrected chi connectivity index (χ2v) is 3.63. The number of halogens is 3. The number of hydrogen-bond acceptors (Lipinski definition) is 1. The third-order valence-electron chi connectivity index (χ3n) is 2.42. The third-order valence-corrected chi connectivity index (χ3v) is 2.42. The zero-order chi connectivity index (χ0) is 12.4. The second kappa shape index (κ2) is 4.59. The normalized spacial score (nSPS) is 12.5. The van der Waals surface area contributed by atoms with Gasteiger partial charge in [-0.25, -0.2) is 13.2 Å². The maximum Gasteiger partial charge on any atom is 0.159 e. The second-order valence-electron chi connectivity index (χ2n) is 3.63. The van der Waals surface area contributed by atoms with E-state index in [9.17, 15) is 18.3 Å². The Hall–Kier alpha value is -1.81. The molecule has 2 aromatic carbocycles. The highest BCUT2D eigenvalue weighted by atomic mass is 19.2. The van der Waals surface area contributed by atoms with Crippen LogP contribution in [0.4, 0.5) is 13.2 Å². The lowest BCUT2D eigenvalue weighted by atomic mass is 10.0. The Morgan fingerprint density at radius 3 is 2.18 bits per heavy atom. The fourth-order valence-electron chi connectivity index (χ4n) is 1.55. The van der Waals surface area contributed by atoms with Crippen molar-refractivity contribution in [1.82, 2.24) is 0 Å². The minimum atomic E-state index is -1.18. The van der Waals surface area contributed by atoms with E-state index in [4.69, 9.17) is 0 Å². The molecular weight excluding hydrogens is 229 g/mol. The number of benzene rings is 2. The van der Waals surface area contributed by atoms with E-state index >= 15 is 0 Å². The molecule has 1 nitrogen and oxygen atoms in total. The van der Waals surface area contributed by atoms with Gasteiger partial charge in [0.05, 0.1) is 0 Å². The zero-order valence-electron chi connectivity index (χ0n) is 8.70. The van der Waals surface area contributed by atoms with Gasteiger partial charge >= 0.3 is 0 Å². The predicted octanol–water partition coefficient (Wildman–Crippen LogP) is 3.19. The van der Waals surface area contributed by atoms with E-state index in [0.717, 1.165) is 18.2 Å². The monoisotopic (exact) mass is 238 g/mol. The number of hydrogen-bond donors (Lipinski definition) is 1. The number of rotatable bonds is 2. The molecule has 0 aromatic heterocycles. The summed E-state index contributed by atoms with van der Waals surface area (Å²) in [6, 6.07) is 8.41. The van der Waals surface area contributed by atoms with Gasteiger partial charge in [0.15, 0.2) is 11.6 Å². The number of aliphatic hydroxyl groups is 1. The minimum absolute atomic E-state index is 0.175. The van der Waals surface area contributed by atoms with Crippen LogP contribution >= 0.6 is 0 Å². The summed E-state index contributed by atoms with van der Waals surface area (Å²) < 4.78 is 38.6. The Kier molecular flexibility index (Phi) is 3.15. The molecule has 0 heterocycles. The first-order valence-corrected chi connectivity index (χ1v) is 4.96. The van der Waals surface area contributed by atoms with Crippen LogP contribution in [0.5, 0.6) is 0 Å². The van der Waals surface area contributed by atoms with E-state index in [-0.39, 0.29) is 11.1 Å². The van der Waals surface area contributed by atoms with Crippen LogP contribution < -0.4 is 0 Å². The Morgan fingerprint density at radius 1 is 0.824 bits per heavy atom. The van der Waals surface area contributed by atoms with Gasteiger partial charge in [0, 0.05) is 0 Å². The minimum Gasteiger partial charge on any atom is -0.384 e. The van der Waals surface area contributed by atoms with Crippen molar-refractivity contribution in [2.45, 2.75) is 6.10 Å². The molecule has 0 aliphatic carbocycles. The standard InChI is InChI=1S/C13H9F3O/c14-10-3-1-2-8(6-10)13(17)9-4-5-11(15)12(16)7-9/h1-7,13,17H. The maximum atomic E-state index is 13.0. The molecule has 0 saturated carbocycles. The quantitative estimate of drug-likeness (QED) is 0.851. The molecule has 0 amide bonds. The molecular formula is C13H9F3O. The van der Waals surface area contributed by atoms with Gasteiger partial charge in [0.2, 0.25) is 0 Å². The highest BCUT2D eigenvalue weighted by molar-refractivity contribution is 5.30. The molecule has 1 N–H and O–H groups in total. The molecule has 2 aromatic rings. The average molecular weight is 238 g/mol. The van der Waals surface area contributed by atoms with Gasteiger partial charge in [-0.15, -0.1) is 0 Å². The van der Waals surface area contributed by atoms with E-state index in [1.807, 2.05) is 0 Å². The summed E-state index contributed by atoms with van der Waals surface area (Å²) in [6.45, 7) is 0. The zero-order valence-corrected chi connectivity index (χ0v) is 8.70. The third kappa shape index (κ3) is 2.47. The molecule has 1 atom stereocenters. The molecule has 0 aliphatic rings. The summed E-state index contributed by atoms with van der Waals surface area (Å²) in [5, 5.41) is 9.88. The SMILES string of the molecule is OC(c1cccc(F)c1)c1ccc(F)c(F)c1. The molecule has 0 fully saturated rings. The Balaban J connectivity index is 2.36. The van der Waals surface area contributed by atoms with E-state index in [1.54, 1.807) is 0 Å². The van der Waals surface area contributed by atoms with E-state index < -0.39 is 23.6 Å². The van der Waals surface area contributed by atoms with Crippen molar-refractivity contribution in [2.24, 2.45) is 0 Å². The van der Waals surface area contributed by atoms with Crippen molar-refractivity contribution in [3.63, 3.8) is 0 Å². The summed E-state index contributed by atoms with van der Waals surface area (Å²) in [5.41, 5.74) is 0.463. The van der Waals surface area contributed by atoms with Crippen molar-refractivity contribution in [3.05, 3.63) is 71.0 Å². The molecule has 0 saturated heterocycles. The largest absolute Gasteiger partial charge is 0.384 e. The van der Waals surface area contributed by atoms with Crippen LogP contribution in [0.3, 0.4) is 0 Å². The summed E-state index contributed by atoms with van der Waals surface area (Å²) in [4.78, 5) is 0. The van der Waals surface area contributed by atoms with Gasteiger partial charge in [0.25, 0.3) is 0 Å². The number of aliphatic hydroxyl groups excluding tert-OH is 1. The summed E-state index contributed by atoms with van der Waals surface area (Å²) >= 11 is 0. The van der Waals surface area contributed by atoms with Crippen molar-refractivity contribution >= 4 is 0 Å². The lowest BCUT2D eigenvalue weighted by Crippen LogP contribution is -2.01. The van der Waals surface area contributed by atoms with Crippen molar-refractivity contribution in [3.8, 4) is 0 Å². The van der Waals surface area contributed by atoms with Crippen molar-refractivity contribution in [1.29, 1.82) is 0 Å². The lowest BCUT2D eigenvalue weighted by molar-refractivity contribution is 0.219. The van der Waals surface area contributed by atoms with Crippen LogP contribution in [0.2, 0.25) is 0 Å². The predicted molar refractivity (Wildman–Crippen MR) is 56.8 cm³/mol. The molecule has 0 aliphatic heterocycles. The van der Waals surface area contributed by atoms with E-state index in [1.165, 1.54) is 24.3 Å². The van der Waals surface area contributed by atoms with Gasteiger partial charge in [-0.3, -0.25) is 0 Å². The van der Waals surface area contributed by atoms with Crippen LogP contribution in [-0.4, -0.2) is 5.11 Å². The summed E-state index contributed by atoms with van der Waals surface area (Å²) in [5.74, 6) is -2.53. The van der Waals surface area contributed by atoms with Gasteiger partial charge in [0.1, 0.15) is 11.9 Å². The van der Waals surface area contributed by atoms with Crippen LogP contribution in [0.1, 0.15) is 17.2 Å². The van der Waals surface area contributed by atoms with E-state index in [0.29, 0.717) is 0 Å².